The standard InChI is InChI=1S/C15H8N6/c16-8-12(9-17)14(10-18)21-13-4-2-11(3-5-13)15-19-6-1-7-20-15/h1-7,21H. The van der Waals surface area contributed by atoms with Crippen molar-refractivity contribution >= 4 is 5.69 Å². The first-order valence-electron chi connectivity index (χ1n) is 5.87. The lowest BCUT2D eigenvalue weighted by atomic mass is 10.2. The maximum Gasteiger partial charge on any atom is 0.163 e. The first kappa shape index (κ1) is 13.7. The van der Waals surface area contributed by atoms with Crippen LogP contribution in [0.4, 0.5) is 5.69 Å². The number of nitriles is 3. The van der Waals surface area contributed by atoms with Gasteiger partial charge in [0.25, 0.3) is 0 Å². The van der Waals surface area contributed by atoms with Crippen LogP contribution in [0.2, 0.25) is 0 Å². The minimum Gasteiger partial charge on any atom is -0.345 e. The van der Waals surface area contributed by atoms with Gasteiger partial charge in [-0.15, -0.1) is 0 Å². The first-order valence-corrected chi connectivity index (χ1v) is 5.87. The van der Waals surface area contributed by atoms with Crippen LogP contribution in [0.5, 0.6) is 0 Å². The number of hydrogen-bond acceptors (Lipinski definition) is 6. The third-order valence-electron chi connectivity index (χ3n) is 2.56. The number of aromatic nitrogens is 2. The number of anilines is 1. The zero-order valence-corrected chi connectivity index (χ0v) is 10.8. The van der Waals surface area contributed by atoms with Gasteiger partial charge in [0.2, 0.25) is 0 Å². The molecule has 0 atom stereocenters. The van der Waals surface area contributed by atoms with Crippen LogP contribution < -0.4 is 5.32 Å². The Morgan fingerprint density at radius 1 is 0.905 bits per heavy atom. The monoisotopic (exact) mass is 272 g/mol. The van der Waals surface area contributed by atoms with Gasteiger partial charge in [0.1, 0.15) is 23.9 Å². The van der Waals surface area contributed by atoms with Gasteiger partial charge in [-0.1, -0.05) is 0 Å². The Bertz CT molecular complexity index is 769. The van der Waals surface area contributed by atoms with Crippen molar-refractivity contribution in [2.75, 3.05) is 5.32 Å². The molecule has 98 valence electrons. The summed E-state index contributed by atoms with van der Waals surface area (Å²) in [6, 6.07) is 13.9. The maximum absolute atomic E-state index is 8.96. The second-order valence-electron chi connectivity index (χ2n) is 3.86. The fourth-order valence-corrected chi connectivity index (χ4v) is 1.58. The molecule has 0 unspecified atom stereocenters. The summed E-state index contributed by atoms with van der Waals surface area (Å²) in [6.07, 6.45) is 3.30. The highest BCUT2D eigenvalue weighted by atomic mass is 14.9. The number of rotatable bonds is 3. The third kappa shape index (κ3) is 3.20. The first-order chi connectivity index (χ1) is 10.3. The Kier molecular flexibility index (Phi) is 4.23. The molecular weight excluding hydrogens is 264 g/mol. The molecule has 21 heavy (non-hydrogen) atoms. The van der Waals surface area contributed by atoms with Crippen LogP contribution in [-0.4, -0.2) is 9.97 Å². The molecule has 0 aliphatic carbocycles. The average Bonchev–Trinajstić information content (AvgIpc) is 2.56. The third-order valence-corrected chi connectivity index (χ3v) is 2.56. The molecule has 0 bridgehead atoms. The van der Waals surface area contributed by atoms with E-state index in [4.69, 9.17) is 15.8 Å². The van der Waals surface area contributed by atoms with Crippen molar-refractivity contribution in [1.29, 1.82) is 15.8 Å². The van der Waals surface area contributed by atoms with Crippen LogP contribution in [0.25, 0.3) is 11.4 Å². The number of benzene rings is 1. The Labute approximate surface area is 121 Å². The molecule has 1 N–H and O–H groups in total. The van der Waals surface area contributed by atoms with Gasteiger partial charge in [-0.2, -0.15) is 15.8 Å². The predicted molar refractivity (Wildman–Crippen MR) is 75.0 cm³/mol. The van der Waals surface area contributed by atoms with E-state index in [1.54, 1.807) is 60.9 Å². The van der Waals surface area contributed by atoms with Crippen LogP contribution >= 0.6 is 0 Å². The quantitative estimate of drug-likeness (QED) is 0.859. The highest BCUT2D eigenvalue weighted by Crippen LogP contribution is 2.18. The molecule has 1 heterocycles. The summed E-state index contributed by atoms with van der Waals surface area (Å²) in [6.45, 7) is 0. The van der Waals surface area contributed by atoms with Crippen molar-refractivity contribution in [3.8, 4) is 29.6 Å². The fourth-order valence-electron chi connectivity index (χ4n) is 1.58. The molecule has 0 spiro atoms. The van der Waals surface area contributed by atoms with Crippen LogP contribution in [0.1, 0.15) is 0 Å². The number of allylic oxidation sites excluding steroid dienone is 2. The summed E-state index contributed by atoms with van der Waals surface area (Å²) in [5, 5.41) is 29.2. The molecule has 6 nitrogen and oxygen atoms in total. The zero-order valence-electron chi connectivity index (χ0n) is 10.8. The highest BCUT2D eigenvalue weighted by molar-refractivity contribution is 5.63. The topological polar surface area (TPSA) is 109 Å². The van der Waals surface area contributed by atoms with Gasteiger partial charge >= 0.3 is 0 Å². The van der Waals surface area contributed by atoms with Crippen LogP contribution in [0, 0.1) is 34.0 Å². The van der Waals surface area contributed by atoms with E-state index >= 15 is 0 Å². The van der Waals surface area contributed by atoms with E-state index in [1.807, 2.05) is 0 Å². The Morgan fingerprint density at radius 2 is 1.52 bits per heavy atom. The van der Waals surface area contributed by atoms with Crippen molar-refractivity contribution in [2.24, 2.45) is 0 Å². The van der Waals surface area contributed by atoms with Crippen LogP contribution in [0.3, 0.4) is 0 Å². The van der Waals surface area contributed by atoms with Crippen molar-refractivity contribution < 1.29 is 0 Å². The number of hydrogen-bond donors (Lipinski definition) is 1. The van der Waals surface area contributed by atoms with E-state index in [-0.39, 0.29) is 11.3 Å². The molecule has 0 aliphatic rings. The zero-order chi connectivity index (χ0) is 15.1. The normalized spacial score (nSPS) is 8.81. The molecule has 1 aromatic carbocycles. The lowest BCUT2D eigenvalue weighted by molar-refractivity contribution is 1.18. The lowest BCUT2D eigenvalue weighted by Gasteiger charge is -2.05. The minimum atomic E-state index is -0.257. The fraction of sp³-hybridized carbons (Fsp3) is 0. The summed E-state index contributed by atoms with van der Waals surface area (Å²) in [4.78, 5) is 8.26. The summed E-state index contributed by atoms with van der Waals surface area (Å²) in [5.41, 5.74) is 1.08. The van der Waals surface area contributed by atoms with Crippen LogP contribution in [0.15, 0.2) is 54.0 Å². The van der Waals surface area contributed by atoms with Crippen molar-refractivity contribution in [3.05, 3.63) is 54.0 Å². The van der Waals surface area contributed by atoms with Crippen molar-refractivity contribution in [3.63, 3.8) is 0 Å². The Morgan fingerprint density at radius 3 is 2.05 bits per heavy atom. The molecule has 0 aliphatic heterocycles. The van der Waals surface area contributed by atoms with Gasteiger partial charge in [0.15, 0.2) is 11.4 Å². The van der Waals surface area contributed by atoms with Gasteiger partial charge in [0, 0.05) is 23.6 Å². The smallest absolute Gasteiger partial charge is 0.163 e. The number of nitrogens with zero attached hydrogens (tertiary/aromatic N) is 5. The molecular formula is C15H8N6. The van der Waals surface area contributed by atoms with Crippen LogP contribution in [-0.2, 0) is 0 Å². The maximum atomic E-state index is 8.96. The average molecular weight is 272 g/mol. The van der Waals surface area contributed by atoms with Crippen molar-refractivity contribution in [2.45, 2.75) is 0 Å². The van der Waals surface area contributed by atoms with E-state index in [1.165, 1.54) is 0 Å². The molecule has 2 rings (SSSR count). The molecule has 6 heteroatoms. The summed E-state index contributed by atoms with van der Waals surface area (Å²) in [7, 11) is 0. The number of nitrogens with one attached hydrogen (secondary N) is 1. The van der Waals surface area contributed by atoms with Gasteiger partial charge in [-0.25, -0.2) is 9.97 Å². The van der Waals surface area contributed by atoms with E-state index in [0.29, 0.717) is 11.5 Å². The lowest BCUT2D eigenvalue weighted by Crippen LogP contribution is -2.00. The summed E-state index contributed by atoms with van der Waals surface area (Å²) < 4.78 is 0. The predicted octanol–water partition coefficient (Wildman–Crippen LogP) is 2.38. The molecule has 0 amide bonds. The van der Waals surface area contributed by atoms with E-state index in [2.05, 4.69) is 15.3 Å². The van der Waals surface area contributed by atoms with Crippen molar-refractivity contribution in [1.82, 2.24) is 9.97 Å². The summed E-state index contributed by atoms with van der Waals surface area (Å²) >= 11 is 0. The SMILES string of the molecule is N#CC(C#N)=C(C#N)Nc1ccc(-c2ncccn2)cc1. The molecule has 0 radical (unpaired) electrons. The Balaban J connectivity index is 2.26. The van der Waals surface area contributed by atoms with Gasteiger partial charge in [-0.05, 0) is 30.3 Å². The minimum absolute atomic E-state index is 0.0799. The second-order valence-corrected chi connectivity index (χ2v) is 3.86. The highest BCUT2D eigenvalue weighted by Gasteiger charge is 2.06. The van der Waals surface area contributed by atoms with E-state index in [0.717, 1.165) is 5.56 Å². The second kappa shape index (κ2) is 6.47. The van der Waals surface area contributed by atoms with E-state index in [9.17, 15) is 0 Å². The molecule has 0 fully saturated rings. The van der Waals surface area contributed by atoms with Gasteiger partial charge in [0.05, 0.1) is 0 Å². The van der Waals surface area contributed by atoms with Gasteiger partial charge < -0.3 is 5.32 Å². The largest absolute Gasteiger partial charge is 0.345 e. The molecule has 0 saturated carbocycles. The molecule has 0 saturated heterocycles. The van der Waals surface area contributed by atoms with Gasteiger partial charge in [-0.3, -0.25) is 0 Å². The summed E-state index contributed by atoms with van der Waals surface area (Å²) in [5.74, 6) is 0.592. The van der Waals surface area contributed by atoms with E-state index < -0.39 is 0 Å². The Hall–Kier alpha value is -3.69. The molecule has 2 aromatic rings. The molecule has 1 aromatic heterocycles.